The molecule has 3 unspecified atom stereocenters. The van der Waals surface area contributed by atoms with Crippen LogP contribution in [-0.2, 0) is 18.4 Å². The largest absolute Gasteiger partial charge is 0.472 e. The summed E-state index contributed by atoms with van der Waals surface area (Å²) in [6, 6.07) is -0.851. The van der Waals surface area contributed by atoms with E-state index in [9.17, 15) is 19.4 Å². The number of carbonyl (C=O) groups is 1. The maximum atomic E-state index is 12.6. The minimum atomic E-state index is -4.32. The first kappa shape index (κ1) is 43.2. The third kappa shape index (κ3) is 29.9. The van der Waals surface area contributed by atoms with Crippen LogP contribution in [0.15, 0.2) is 12.2 Å². The molecule has 0 aliphatic heterocycles. The van der Waals surface area contributed by atoms with Gasteiger partial charge in [-0.05, 0) is 19.3 Å². The molecule has 5 N–H and O–H groups in total. The van der Waals surface area contributed by atoms with Gasteiger partial charge in [0.05, 0.1) is 25.4 Å². The van der Waals surface area contributed by atoms with Gasteiger partial charge in [0.2, 0.25) is 5.91 Å². The minimum absolute atomic E-state index is 0.0808. The predicted octanol–water partition coefficient (Wildman–Crippen LogP) is 9.27. The SMILES string of the molecule is CCCCCCCCCCCCCCCC/C=C/C(O)C(COP(=O)(O)OCCN)NC(=O)CCCCCCCCCCC. The lowest BCUT2D eigenvalue weighted by Crippen LogP contribution is -2.45. The molecular weight excluding hydrogens is 575 g/mol. The van der Waals surface area contributed by atoms with Crippen LogP contribution in [0.3, 0.4) is 0 Å². The quantitative estimate of drug-likeness (QED) is 0.0311. The standard InChI is InChI=1S/C35H71N2O6P/c1-3-5-7-9-11-13-14-15-16-17-18-19-21-22-24-26-28-34(38)33(32-43-44(40,41)42-31-30-36)37-35(39)29-27-25-23-20-12-10-8-6-4-2/h26,28,33-34,38H,3-25,27,29-32,36H2,1-2H3,(H,37,39)(H,40,41)/b28-26+. The van der Waals surface area contributed by atoms with E-state index in [4.69, 9.17) is 14.8 Å². The summed E-state index contributed by atoms with van der Waals surface area (Å²) in [5.41, 5.74) is 5.34. The summed E-state index contributed by atoms with van der Waals surface area (Å²) in [6.45, 7) is 4.10. The first-order valence-electron chi connectivity index (χ1n) is 18.3. The number of nitrogens with one attached hydrogen (secondary N) is 1. The topological polar surface area (TPSA) is 131 Å². The summed E-state index contributed by atoms with van der Waals surface area (Å²) < 4.78 is 22.0. The second kappa shape index (κ2) is 32.2. The highest BCUT2D eigenvalue weighted by Crippen LogP contribution is 2.43. The maximum absolute atomic E-state index is 12.6. The van der Waals surface area contributed by atoms with Crippen LogP contribution in [0.4, 0.5) is 0 Å². The number of allylic oxidation sites excluding steroid dienone is 1. The van der Waals surface area contributed by atoms with Crippen molar-refractivity contribution in [3.05, 3.63) is 12.2 Å². The molecule has 9 heteroatoms. The number of rotatable bonds is 34. The van der Waals surface area contributed by atoms with E-state index in [0.29, 0.717) is 6.42 Å². The number of unbranched alkanes of at least 4 members (excludes halogenated alkanes) is 22. The van der Waals surface area contributed by atoms with Gasteiger partial charge < -0.3 is 21.1 Å². The van der Waals surface area contributed by atoms with Gasteiger partial charge in [0, 0.05) is 13.0 Å². The molecule has 0 spiro atoms. The van der Waals surface area contributed by atoms with Gasteiger partial charge in [-0.3, -0.25) is 13.8 Å². The van der Waals surface area contributed by atoms with Crippen LogP contribution < -0.4 is 11.1 Å². The molecule has 262 valence electrons. The molecule has 0 aliphatic carbocycles. The highest BCUT2D eigenvalue weighted by Gasteiger charge is 2.26. The van der Waals surface area contributed by atoms with E-state index < -0.39 is 20.0 Å². The van der Waals surface area contributed by atoms with E-state index in [2.05, 4.69) is 19.2 Å². The lowest BCUT2D eigenvalue weighted by Gasteiger charge is -2.23. The number of hydrogen-bond donors (Lipinski definition) is 4. The fourth-order valence-corrected chi connectivity index (χ4v) is 6.07. The van der Waals surface area contributed by atoms with Gasteiger partial charge in [-0.2, -0.15) is 0 Å². The van der Waals surface area contributed by atoms with Crippen LogP contribution in [0.25, 0.3) is 0 Å². The first-order valence-corrected chi connectivity index (χ1v) is 19.8. The van der Waals surface area contributed by atoms with Gasteiger partial charge in [-0.15, -0.1) is 0 Å². The summed E-state index contributed by atoms with van der Waals surface area (Å²) in [7, 11) is -4.32. The van der Waals surface area contributed by atoms with Gasteiger partial charge >= 0.3 is 7.82 Å². The number of phosphoric acid groups is 1. The van der Waals surface area contributed by atoms with Crippen molar-refractivity contribution in [2.45, 2.75) is 187 Å². The Morgan fingerprint density at radius 2 is 1.16 bits per heavy atom. The third-order valence-corrected chi connectivity index (χ3v) is 9.10. The maximum Gasteiger partial charge on any atom is 0.472 e. The fourth-order valence-electron chi connectivity index (χ4n) is 5.31. The second-order valence-corrected chi connectivity index (χ2v) is 13.9. The van der Waals surface area contributed by atoms with Crippen molar-refractivity contribution in [3.8, 4) is 0 Å². The van der Waals surface area contributed by atoms with Crippen LogP contribution in [-0.4, -0.2) is 47.8 Å². The Bertz CT molecular complexity index is 709. The zero-order chi connectivity index (χ0) is 32.6. The lowest BCUT2D eigenvalue weighted by molar-refractivity contribution is -0.123. The normalized spacial score (nSPS) is 14.6. The Kier molecular flexibility index (Phi) is 31.6. The number of aliphatic hydroxyl groups is 1. The Morgan fingerprint density at radius 1 is 0.727 bits per heavy atom. The van der Waals surface area contributed by atoms with Crippen molar-refractivity contribution in [2.24, 2.45) is 5.73 Å². The van der Waals surface area contributed by atoms with Crippen molar-refractivity contribution in [1.29, 1.82) is 0 Å². The van der Waals surface area contributed by atoms with Gasteiger partial charge in [0.15, 0.2) is 0 Å². The zero-order valence-corrected chi connectivity index (χ0v) is 29.6. The summed E-state index contributed by atoms with van der Waals surface area (Å²) in [5, 5.41) is 13.6. The molecule has 0 aromatic carbocycles. The number of phosphoric ester groups is 1. The molecular formula is C35H71N2O6P. The fraction of sp³-hybridized carbons (Fsp3) is 0.914. The Labute approximate surface area is 271 Å². The summed E-state index contributed by atoms with van der Waals surface area (Å²) in [6.07, 6.45) is 32.6. The number of aliphatic hydroxyl groups excluding tert-OH is 1. The molecule has 0 saturated heterocycles. The number of carbonyl (C=O) groups excluding carboxylic acids is 1. The minimum Gasteiger partial charge on any atom is -0.387 e. The predicted molar refractivity (Wildman–Crippen MR) is 185 cm³/mol. The van der Waals surface area contributed by atoms with E-state index in [-0.39, 0.29) is 25.7 Å². The van der Waals surface area contributed by atoms with Crippen molar-refractivity contribution in [3.63, 3.8) is 0 Å². The molecule has 0 aromatic rings. The molecule has 0 heterocycles. The Hall–Kier alpha value is -0.760. The highest BCUT2D eigenvalue weighted by molar-refractivity contribution is 7.47. The monoisotopic (exact) mass is 647 g/mol. The molecule has 3 atom stereocenters. The van der Waals surface area contributed by atoms with Gasteiger partial charge in [0.25, 0.3) is 0 Å². The van der Waals surface area contributed by atoms with Crippen molar-refractivity contribution >= 4 is 13.7 Å². The second-order valence-electron chi connectivity index (χ2n) is 12.4. The molecule has 0 saturated carbocycles. The van der Waals surface area contributed by atoms with Crippen molar-refractivity contribution in [1.82, 2.24) is 5.32 Å². The van der Waals surface area contributed by atoms with Gasteiger partial charge in [-0.25, -0.2) is 4.57 Å². The molecule has 8 nitrogen and oxygen atoms in total. The average Bonchev–Trinajstić information content (AvgIpc) is 3.01. The van der Waals surface area contributed by atoms with E-state index in [1.807, 2.05) is 6.08 Å². The molecule has 1 amide bonds. The molecule has 0 radical (unpaired) electrons. The number of amides is 1. The van der Waals surface area contributed by atoms with E-state index >= 15 is 0 Å². The van der Waals surface area contributed by atoms with E-state index in [1.165, 1.54) is 116 Å². The van der Waals surface area contributed by atoms with E-state index in [1.54, 1.807) is 6.08 Å². The smallest absolute Gasteiger partial charge is 0.387 e. The van der Waals surface area contributed by atoms with Crippen LogP contribution >= 0.6 is 7.82 Å². The molecule has 0 bridgehead atoms. The van der Waals surface area contributed by atoms with Crippen molar-refractivity contribution in [2.75, 3.05) is 19.8 Å². The van der Waals surface area contributed by atoms with Crippen LogP contribution in [0.1, 0.15) is 174 Å². The van der Waals surface area contributed by atoms with Gasteiger partial charge in [-0.1, -0.05) is 161 Å². The van der Waals surface area contributed by atoms with Crippen molar-refractivity contribution < 1.29 is 28.4 Å². The summed E-state index contributed by atoms with van der Waals surface area (Å²) in [5.74, 6) is -0.198. The molecule has 0 rings (SSSR count). The van der Waals surface area contributed by atoms with Crippen LogP contribution in [0, 0.1) is 0 Å². The molecule has 0 fully saturated rings. The highest BCUT2D eigenvalue weighted by atomic mass is 31.2. The Morgan fingerprint density at radius 3 is 1.61 bits per heavy atom. The number of nitrogens with two attached hydrogens (primary N) is 1. The molecule has 0 aliphatic rings. The molecule has 44 heavy (non-hydrogen) atoms. The molecule has 0 aromatic heterocycles. The third-order valence-electron chi connectivity index (χ3n) is 8.11. The van der Waals surface area contributed by atoms with Crippen LogP contribution in [0.5, 0.6) is 0 Å². The summed E-state index contributed by atoms with van der Waals surface area (Å²) >= 11 is 0. The Balaban J connectivity index is 4.29. The lowest BCUT2D eigenvalue weighted by atomic mass is 10.0. The van der Waals surface area contributed by atoms with E-state index in [0.717, 1.165) is 38.5 Å². The summed E-state index contributed by atoms with van der Waals surface area (Å²) in [4.78, 5) is 22.5. The van der Waals surface area contributed by atoms with Gasteiger partial charge in [0.1, 0.15) is 0 Å². The van der Waals surface area contributed by atoms with Crippen LogP contribution in [0.2, 0.25) is 0 Å². The average molecular weight is 647 g/mol. The first-order chi connectivity index (χ1) is 21.4. The zero-order valence-electron chi connectivity index (χ0n) is 28.7. The number of hydrogen-bond acceptors (Lipinski definition) is 6.